The Balaban J connectivity index is 1.60. The molecule has 1 aliphatic carbocycles. The number of amides is 2. The maximum absolute atomic E-state index is 13.2. The second-order valence-electron chi connectivity index (χ2n) is 9.76. The second-order valence-corrected chi connectivity index (χ2v) is 9.76. The van der Waals surface area contributed by atoms with Crippen LogP contribution in [0.3, 0.4) is 0 Å². The molecule has 190 valence electrons. The van der Waals surface area contributed by atoms with Crippen molar-refractivity contribution in [3.63, 3.8) is 0 Å². The molecule has 0 spiro atoms. The molecule has 2 amide bonds. The lowest BCUT2D eigenvalue weighted by atomic mass is 10.1. The van der Waals surface area contributed by atoms with E-state index in [1.165, 1.54) is 0 Å². The number of ether oxygens (including phenoxy) is 1. The summed E-state index contributed by atoms with van der Waals surface area (Å²) in [4.78, 5) is 32.9. The Labute approximate surface area is 213 Å². The monoisotopic (exact) mass is 488 g/mol. The van der Waals surface area contributed by atoms with E-state index in [0.717, 1.165) is 48.4 Å². The zero-order valence-electron chi connectivity index (χ0n) is 21.4. The Bertz CT molecular complexity index is 1170. The molecule has 0 atom stereocenters. The number of nitrogens with zero attached hydrogens (tertiary/aromatic N) is 3. The number of benzene rings is 2. The van der Waals surface area contributed by atoms with Gasteiger partial charge in [-0.25, -0.2) is 4.98 Å². The Hall–Kier alpha value is -3.61. The van der Waals surface area contributed by atoms with Crippen LogP contribution in [0, 0.1) is 11.8 Å². The highest BCUT2D eigenvalue weighted by Crippen LogP contribution is 2.28. The average molecular weight is 489 g/mol. The van der Waals surface area contributed by atoms with Gasteiger partial charge in [0, 0.05) is 30.3 Å². The van der Waals surface area contributed by atoms with Gasteiger partial charge in [-0.2, -0.15) is 0 Å². The van der Waals surface area contributed by atoms with Gasteiger partial charge in [-0.1, -0.05) is 63.1 Å². The van der Waals surface area contributed by atoms with E-state index < -0.39 is 0 Å². The van der Waals surface area contributed by atoms with Crippen LogP contribution >= 0.6 is 0 Å². The van der Waals surface area contributed by atoms with Crippen LogP contribution in [0.15, 0.2) is 60.8 Å². The van der Waals surface area contributed by atoms with Crippen molar-refractivity contribution in [1.82, 2.24) is 14.5 Å². The third-order valence-electron chi connectivity index (χ3n) is 6.37. The molecule has 0 unspecified atom stereocenters. The molecule has 1 heterocycles. The highest BCUT2D eigenvalue weighted by Gasteiger charge is 2.29. The van der Waals surface area contributed by atoms with Crippen molar-refractivity contribution in [3.05, 3.63) is 60.8 Å². The van der Waals surface area contributed by atoms with Gasteiger partial charge in [-0.15, -0.1) is 0 Å². The standard InChI is InChI=1S/C29H36N4O3/c1-4-36-25-16-10-15-24(17-25)33-19-26(22-11-6-5-7-12-22)30-29(33)31-27(34)20-32(18-21(2)3)28(35)23-13-8-9-14-23/h5-7,10-12,15-17,19,21,23H,4,8-9,13-14,18,20H2,1-3H3,(H,30,31,34). The summed E-state index contributed by atoms with van der Waals surface area (Å²) in [7, 11) is 0. The minimum absolute atomic E-state index is 0.0139. The van der Waals surface area contributed by atoms with Crippen molar-refractivity contribution in [1.29, 1.82) is 0 Å². The van der Waals surface area contributed by atoms with E-state index in [-0.39, 0.29) is 30.2 Å². The maximum atomic E-state index is 13.2. The van der Waals surface area contributed by atoms with E-state index in [0.29, 0.717) is 19.1 Å². The minimum Gasteiger partial charge on any atom is -0.494 e. The lowest BCUT2D eigenvalue weighted by molar-refractivity contribution is -0.138. The van der Waals surface area contributed by atoms with Crippen molar-refractivity contribution in [2.24, 2.45) is 11.8 Å². The Morgan fingerprint density at radius 2 is 1.86 bits per heavy atom. The molecule has 3 aromatic rings. The molecular weight excluding hydrogens is 452 g/mol. The fourth-order valence-electron chi connectivity index (χ4n) is 4.74. The molecule has 0 aliphatic heterocycles. The van der Waals surface area contributed by atoms with Crippen LogP contribution in [-0.2, 0) is 9.59 Å². The third kappa shape index (κ3) is 6.33. The fraction of sp³-hybridized carbons (Fsp3) is 0.414. The van der Waals surface area contributed by atoms with Crippen molar-refractivity contribution in [2.75, 3.05) is 25.0 Å². The Morgan fingerprint density at radius 1 is 1.11 bits per heavy atom. The molecule has 1 aromatic heterocycles. The molecular formula is C29H36N4O3. The summed E-state index contributed by atoms with van der Waals surface area (Å²) < 4.78 is 7.54. The molecule has 1 N–H and O–H groups in total. The molecule has 0 saturated heterocycles. The number of carbonyl (C=O) groups is 2. The molecule has 2 aromatic carbocycles. The highest BCUT2D eigenvalue weighted by molar-refractivity contribution is 5.94. The molecule has 1 aliphatic rings. The molecule has 4 rings (SSSR count). The van der Waals surface area contributed by atoms with E-state index in [9.17, 15) is 9.59 Å². The molecule has 7 heteroatoms. The fourth-order valence-corrected chi connectivity index (χ4v) is 4.74. The smallest absolute Gasteiger partial charge is 0.246 e. The van der Waals surface area contributed by atoms with E-state index >= 15 is 0 Å². The second kappa shape index (κ2) is 11.9. The number of aromatic nitrogens is 2. The lowest BCUT2D eigenvalue weighted by Gasteiger charge is -2.26. The largest absolute Gasteiger partial charge is 0.494 e. The summed E-state index contributed by atoms with van der Waals surface area (Å²) in [6, 6.07) is 17.5. The number of imidazole rings is 1. The SMILES string of the molecule is CCOc1cccc(-n2cc(-c3ccccc3)nc2NC(=O)CN(CC(C)C)C(=O)C2CCCC2)c1. The summed E-state index contributed by atoms with van der Waals surface area (Å²) in [6.45, 7) is 7.21. The summed E-state index contributed by atoms with van der Waals surface area (Å²) >= 11 is 0. The van der Waals surface area contributed by atoms with E-state index in [2.05, 4.69) is 19.2 Å². The van der Waals surface area contributed by atoms with Crippen LogP contribution in [0.5, 0.6) is 5.75 Å². The summed E-state index contributed by atoms with van der Waals surface area (Å²) in [5, 5.41) is 2.98. The highest BCUT2D eigenvalue weighted by atomic mass is 16.5. The zero-order valence-corrected chi connectivity index (χ0v) is 21.4. The van der Waals surface area contributed by atoms with Crippen LogP contribution in [0.4, 0.5) is 5.95 Å². The summed E-state index contributed by atoms with van der Waals surface area (Å²) in [5.74, 6) is 1.29. The normalized spacial score (nSPS) is 13.7. The average Bonchev–Trinajstić information content (AvgIpc) is 3.55. The summed E-state index contributed by atoms with van der Waals surface area (Å²) in [5.41, 5.74) is 2.52. The molecule has 1 fully saturated rings. The first-order valence-corrected chi connectivity index (χ1v) is 12.9. The third-order valence-corrected chi connectivity index (χ3v) is 6.37. The van der Waals surface area contributed by atoms with Crippen molar-refractivity contribution in [2.45, 2.75) is 46.5 Å². The van der Waals surface area contributed by atoms with Crippen LogP contribution < -0.4 is 10.1 Å². The van der Waals surface area contributed by atoms with E-state index in [1.54, 1.807) is 4.90 Å². The van der Waals surface area contributed by atoms with Crippen LogP contribution in [0.1, 0.15) is 46.5 Å². The van der Waals surface area contributed by atoms with Crippen molar-refractivity contribution >= 4 is 17.8 Å². The van der Waals surface area contributed by atoms with Gasteiger partial charge < -0.3 is 9.64 Å². The molecule has 0 radical (unpaired) electrons. The number of hydrogen-bond donors (Lipinski definition) is 1. The molecule has 1 saturated carbocycles. The maximum Gasteiger partial charge on any atom is 0.246 e. The van der Waals surface area contributed by atoms with Gasteiger partial charge in [0.2, 0.25) is 17.8 Å². The summed E-state index contributed by atoms with van der Waals surface area (Å²) in [6.07, 6.45) is 5.90. The first-order valence-electron chi connectivity index (χ1n) is 12.9. The zero-order chi connectivity index (χ0) is 25.5. The van der Waals surface area contributed by atoms with Gasteiger partial charge in [0.15, 0.2) is 0 Å². The lowest BCUT2D eigenvalue weighted by Crippen LogP contribution is -2.43. The number of anilines is 1. The van der Waals surface area contributed by atoms with Gasteiger partial charge in [-0.05, 0) is 37.8 Å². The first kappa shape index (κ1) is 25.5. The van der Waals surface area contributed by atoms with Crippen LogP contribution in [0.2, 0.25) is 0 Å². The van der Waals surface area contributed by atoms with Crippen molar-refractivity contribution < 1.29 is 14.3 Å². The number of rotatable bonds is 10. The van der Waals surface area contributed by atoms with Gasteiger partial charge in [0.1, 0.15) is 5.75 Å². The first-order chi connectivity index (χ1) is 17.4. The van der Waals surface area contributed by atoms with Gasteiger partial charge in [-0.3, -0.25) is 19.5 Å². The van der Waals surface area contributed by atoms with E-state index in [1.807, 2.05) is 72.3 Å². The number of nitrogens with one attached hydrogen (secondary N) is 1. The molecule has 0 bridgehead atoms. The van der Waals surface area contributed by atoms with Crippen LogP contribution in [-0.4, -0.2) is 46.0 Å². The predicted molar refractivity (Wildman–Crippen MR) is 142 cm³/mol. The predicted octanol–water partition coefficient (Wildman–Crippen LogP) is 5.55. The van der Waals surface area contributed by atoms with Crippen molar-refractivity contribution in [3.8, 4) is 22.7 Å². The topological polar surface area (TPSA) is 76.5 Å². The Morgan fingerprint density at radius 3 is 2.56 bits per heavy atom. The van der Waals surface area contributed by atoms with Gasteiger partial charge >= 0.3 is 0 Å². The number of carbonyl (C=O) groups excluding carboxylic acids is 2. The van der Waals surface area contributed by atoms with Crippen LogP contribution in [0.25, 0.3) is 16.9 Å². The number of hydrogen-bond acceptors (Lipinski definition) is 4. The van der Waals surface area contributed by atoms with E-state index in [4.69, 9.17) is 9.72 Å². The quantitative estimate of drug-likeness (QED) is 0.406. The van der Waals surface area contributed by atoms with Gasteiger partial charge in [0.25, 0.3) is 0 Å². The molecule has 36 heavy (non-hydrogen) atoms. The Kier molecular flexibility index (Phi) is 8.41. The van der Waals surface area contributed by atoms with Gasteiger partial charge in [0.05, 0.1) is 24.5 Å². The molecule has 7 nitrogen and oxygen atoms in total. The minimum atomic E-state index is -0.255.